The number of hydrogen-bond acceptors (Lipinski definition) is 4. The van der Waals surface area contributed by atoms with Gasteiger partial charge < -0.3 is 4.42 Å². The molecule has 0 amide bonds. The number of ketones is 1. The van der Waals surface area contributed by atoms with Crippen LogP contribution in [0.1, 0.15) is 29.6 Å². The Bertz CT molecular complexity index is 444. The predicted octanol–water partition coefficient (Wildman–Crippen LogP) is 1.43. The van der Waals surface area contributed by atoms with Gasteiger partial charge in [0.2, 0.25) is 0 Å². The number of Topliss-reactive ketones (excluding diaryl/α,β-unsaturated/α-hetero) is 1. The molecule has 0 saturated carbocycles. The van der Waals surface area contributed by atoms with Crippen molar-refractivity contribution in [1.82, 2.24) is 0 Å². The lowest BCUT2D eigenvalue weighted by atomic mass is 10.1. The average Bonchev–Trinajstić information content (AvgIpc) is 2.69. The average molecular weight is 228 g/mol. The Balaban J connectivity index is 2.27. The van der Waals surface area contributed by atoms with Gasteiger partial charge in [0.15, 0.2) is 15.6 Å². The van der Waals surface area contributed by atoms with Crippen LogP contribution in [-0.2, 0) is 9.84 Å². The molecule has 1 fully saturated rings. The molecule has 0 radical (unpaired) electrons. The summed E-state index contributed by atoms with van der Waals surface area (Å²) in [4.78, 5) is 11.8. The highest BCUT2D eigenvalue weighted by Gasteiger charge is 2.35. The number of carbonyl (C=O) groups excluding carboxylic acids is 1. The molecule has 1 unspecified atom stereocenters. The quantitative estimate of drug-likeness (QED) is 0.718. The van der Waals surface area contributed by atoms with Crippen LogP contribution in [0.3, 0.4) is 0 Å². The summed E-state index contributed by atoms with van der Waals surface area (Å²) in [6.45, 7) is 0. The highest BCUT2D eigenvalue weighted by molar-refractivity contribution is 7.92. The maximum atomic E-state index is 11.8. The van der Waals surface area contributed by atoms with Crippen molar-refractivity contribution in [2.75, 3.05) is 5.75 Å². The van der Waals surface area contributed by atoms with Crippen LogP contribution in [0, 0.1) is 0 Å². The van der Waals surface area contributed by atoms with Crippen LogP contribution in [0.15, 0.2) is 23.0 Å². The predicted molar refractivity (Wildman–Crippen MR) is 54.5 cm³/mol. The van der Waals surface area contributed by atoms with Gasteiger partial charge in [-0.25, -0.2) is 8.42 Å². The van der Waals surface area contributed by atoms with E-state index >= 15 is 0 Å². The Kier molecular flexibility index (Phi) is 2.65. The molecule has 1 atom stereocenters. The van der Waals surface area contributed by atoms with Crippen LogP contribution in [0.25, 0.3) is 0 Å². The zero-order chi connectivity index (χ0) is 10.9. The molecular formula is C10H12O4S. The molecule has 4 nitrogen and oxygen atoms in total. The summed E-state index contributed by atoms with van der Waals surface area (Å²) >= 11 is 0. The van der Waals surface area contributed by atoms with E-state index in [-0.39, 0.29) is 11.5 Å². The second-order valence-corrected chi connectivity index (χ2v) is 6.03. The van der Waals surface area contributed by atoms with E-state index in [1.165, 1.54) is 18.6 Å². The molecule has 0 aromatic carbocycles. The molecule has 2 rings (SSSR count). The van der Waals surface area contributed by atoms with E-state index in [0.717, 1.165) is 6.42 Å². The smallest absolute Gasteiger partial charge is 0.184 e. The van der Waals surface area contributed by atoms with E-state index in [0.29, 0.717) is 18.4 Å². The van der Waals surface area contributed by atoms with Gasteiger partial charge >= 0.3 is 0 Å². The van der Waals surface area contributed by atoms with Crippen molar-refractivity contribution >= 4 is 15.6 Å². The number of carbonyl (C=O) groups is 1. The van der Waals surface area contributed by atoms with Gasteiger partial charge in [0.1, 0.15) is 11.5 Å². The topological polar surface area (TPSA) is 64.3 Å². The van der Waals surface area contributed by atoms with Gasteiger partial charge in [-0.3, -0.25) is 4.79 Å². The summed E-state index contributed by atoms with van der Waals surface area (Å²) in [5.74, 6) is -0.204. The summed E-state index contributed by atoms with van der Waals surface area (Å²) < 4.78 is 28.1. The molecule has 5 heteroatoms. The lowest BCUT2D eigenvalue weighted by Crippen LogP contribution is -2.35. The Labute approximate surface area is 88.2 Å². The fraction of sp³-hybridized carbons (Fsp3) is 0.500. The molecule has 82 valence electrons. The minimum Gasteiger partial charge on any atom is -0.472 e. The third-order valence-electron chi connectivity index (χ3n) is 2.68. The minimum absolute atomic E-state index is 0.126. The minimum atomic E-state index is -3.24. The van der Waals surface area contributed by atoms with Crippen LogP contribution in [0.4, 0.5) is 0 Å². The van der Waals surface area contributed by atoms with Crippen molar-refractivity contribution in [3.8, 4) is 0 Å². The molecule has 1 aromatic rings. The Morgan fingerprint density at radius 1 is 1.40 bits per heavy atom. The normalized spacial score (nSPS) is 24.9. The van der Waals surface area contributed by atoms with Crippen LogP contribution in [0.5, 0.6) is 0 Å². The first-order chi connectivity index (χ1) is 7.11. The van der Waals surface area contributed by atoms with Crippen molar-refractivity contribution in [3.05, 3.63) is 24.2 Å². The van der Waals surface area contributed by atoms with Crippen molar-refractivity contribution in [3.63, 3.8) is 0 Å². The highest BCUT2D eigenvalue weighted by Crippen LogP contribution is 2.23. The molecular weight excluding hydrogens is 216 g/mol. The molecule has 0 bridgehead atoms. The maximum absolute atomic E-state index is 11.8. The third-order valence-corrected chi connectivity index (χ3v) is 4.85. The Morgan fingerprint density at radius 2 is 2.20 bits per heavy atom. The van der Waals surface area contributed by atoms with Crippen molar-refractivity contribution in [2.24, 2.45) is 0 Å². The molecule has 1 aromatic heterocycles. The molecule has 0 N–H and O–H groups in total. The first-order valence-electron chi connectivity index (χ1n) is 4.89. The van der Waals surface area contributed by atoms with Gasteiger partial charge in [-0.15, -0.1) is 0 Å². The molecule has 2 heterocycles. The maximum Gasteiger partial charge on any atom is 0.184 e. The zero-order valence-electron chi connectivity index (χ0n) is 8.18. The van der Waals surface area contributed by atoms with Crippen LogP contribution in [0.2, 0.25) is 0 Å². The second-order valence-electron chi connectivity index (χ2n) is 3.73. The van der Waals surface area contributed by atoms with Gasteiger partial charge in [0.05, 0.1) is 17.6 Å². The van der Waals surface area contributed by atoms with Crippen LogP contribution < -0.4 is 0 Å². The van der Waals surface area contributed by atoms with Gasteiger partial charge in [-0.1, -0.05) is 6.42 Å². The second kappa shape index (κ2) is 3.81. The molecule has 1 aliphatic rings. The number of rotatable bonds is 2. The van der Waals surface area contributed by atoms with Crippen LogP contribution >= 0.6 is 0 Å². The van der Waals surface area contributed by atoms with Gasteiger partial charge in [-0.2, -0.15) is 0 Å². The number of hydrogen-bond donors (Lipinski definition) is 0. The van der Waals surface area contributed by atoms with Gasteiger partial charge in [0, 0.05) is 0 Å². The van der Waals surface area contributed by atoms with E-state index in [1.807, 2.05) is 0 Å². The van der Waals surface area contributed by atoms with Crippen molar-refractivity contribution < 1.29 is 17.6 Å². The fourth-order valence-electron chi connectivity index (χ4n) is 1.84. The monoisotopic (exact) mass is 228 g/mol. The van der Waals surface area contributed by atoms with E-state index in [2.05, 4.69) is 0 Å². The first kappa shape index (κ1) is 10.4. The molecule has 0 aliphatic carbocycles. The van der Waals surface area contributed by atoms with Crippen LogP contribution in [-0.4, -0.2) is 25.2 Å². The van der Waals surface area contributed by atoms with Gasteiger partial charge in [0.25, 0.3) is 0 Å². The third kappa shape index (κ3) is 1.97. The number of sulfone groups is 1. The standard InChI is InChI=1S/C10H12O4S/c11-10(8-4-5-14-7-8)9-3-1-2-6-15(9,12)13/h4-5,7,9H,1-3,6H2. The molecule has 15 heavy (non-hydrogen) atoms. The SMILES string of the molecule is O=C(c1ccoc1)C1CCCCS1(=O)=O. The van der Waals surface area contributed by atoms with Gasteiger partial charge in [-0.05, 0) is 18.9 Å². The summed E-state index contributed by atoms with van der Waals surface area (Å²) in [5.41, 5.74) is 0.352. The largest absolute Gasteiger partial charge is 0.472 e. The lowest BCUT2D eigenvalue weighted by Gasteiger charge is -2.20. The van der Waals surface area contributed by atoms with E-state index < -0.39 is 15.1 Å². The van der Waals surface area contributed by atoms with Crippen molar-refractivity contribution in [2.45, 2.75) is 24.5 Å². The Hall–Kier alpha value is -1.10. The zero-order valence-corrected chi connectivity index (χ0v) is 9.00. The summed E-state index contributed by atoms with van der Waals surface area (Å²) in [7, 11) is -3.24. The lowest BCUT2D eigenvalue weighted by molar-refractivity contribution is 0.0981. The molecule has 0 spiro atoms. The van der Waals surface area contributed by atoms with E-state index in [1.54, 1.807) is 0 Å². The Morgan fingerprint density at radius 3 is 2.80 bits per heavy atom. The van der Waals surface area contributed by atoms with Crippen molar-refractivity contribution in [1.29, 1.82) is 0 Å². The summed E-state index contributed by atoms with van der Waals surface area (Å²) in [5, 5.41) is -0.858. The molecule has 1 saturated heterocycles. The number of furan rings is 1. The first-order valence-corrected chi connectivity index (χ1v) is 6.61. The van der Waals surface area contributed by atoms with E-state index in [9.17, 15) is 13.2 Å². The highest BCUT2D eigenvalue weighted by atomic mass is 32.2. The molecule has 1 aliphatic heterocycles. The fourth-order valence-corrected chi connectivity index (χ4v) is 3.72. The summed E-state index contributed by atoms with van der Waals surface area (Å²) in [6.07, 6.45) is 4.58. The van der Waals surface area contributed by atoms with E-state index in [4.69, 9.17) is 4.42 Å². The summed E-state index contributed by atoms with van der Waals surface area (Å²) in [6, 6.07) is 1.51.